The maximum atomic E-state index is 5.87. The molecular weight excluding hydrogens is 188 g/mol. The van der Waals surface area contributed by atoms with Gasteiger partial charge in [-0.1, -0.05) is 6.92 Å². The fraction of sp³-hybridized carbons (Fsp3) is 0.909. The molecule has 1 aliphatic carbocycles. The van der Waals surface area contributed by atoms with Gasteiger partial charge in [0.05, 0.1) is 6.04 Å². The van der Waals surface area contributed by atoms with E-state index < -0.39 is 0 Å². The molecule has 1 saturated carbocycles. The molecule has 2 fully saturated rings. The van der Waals surface area contributed by atoms with Crippen LogP contribution in [-0.2, 0) is 0 Å². The first-order chi connectivity index (χ1) is 7.15. The minimum atomic E-state index is 0.410. The number of piperidine rings is 1. The lowest BCUT2D eigenvalue weighted by atomic mass is 9.95. The van der Waals surface area contributed by atoms with E-state index in [2.05, 4.69) is 29.2 Å². The van der Waals surface area contributed by atoms with Crippen LogP contribution in [0.1, 0.15) is 26.2 Å². The lowest BCUT2D eigenvalue weighted by Gasteiger charge is -2.32. The second-order valence-corrected chi connectivity index (χ2v) is 5.03. The largest absolute Gasteiger partial charge is 0.370 e. The van der Waals surface area contributed by atoms with Crippen molar-refractivity contribution in [3.63, 3.8) is 0 Å². The minimum absolute atomic E-state index is 0.410. The summed E-state index contributed by atoms with van der Waals surface area (Å²) >= 11 is 0. The van der Waals surface area contributed by atoms with Gasteiger partial charge < -0.3 is 16.0 Å². The molecule has 2 rings (SSSR count). The van der Waals surface area contributed by atoms with Crippen LogP contribution in [0.25, 0.3) is 0 Å². The Morgan fingerprint density at radius 2 is 2.13 bits per heavy atom. The highest BCUT2D eigenvalue weighted by Crippen LogP contribution is 2.20. The Morgan fingerprint density at radius 1 is 1.40 bits per heavy atom. The van der Waals surface area contributed by atoms with Crippen LogP contribution in [0.15, 0.2) is 4.99 Å². The SMILES string of the molecule is CC1CN(C)CCC1N=C(N)NC1CC1. The molecule has 2 unspecified atom stereocenters. The summed E-state index contributed by atoms with van der Waals surface area (Å²) in [7, 11) is 2.17. The van der Waals surface area contributed by atoms with Crippen LogP contribution in [0, 0.1) is 5.92 Å². The summed E-state index contributed by atoms with van der Waals surface area (Å²) in [6.07, 6.45) is 3.63. The molecule has 86 valence electrons. The number of hydrogen-bond donors (Lipinski definition) is 2. The van der Waals surface area contributed by atoms with E-state index in [1.807, 2.05) is 0 Å². The number of rotatable bonds is 2. The van der Waals surface area contributed by atoms with Crippen molar-refractivity contribution in [3.05, 3.63) is 0 Å². The van der Waals surface area contributed by atoms with Gasteiger partial charge in [-0.3, -0.25) is 0 Å². The molecule has 1 saturated heterocycles. The fourth-order valence-corrected chi connectivity index (χ4v) is 2.19. The molecule has 0 aromatic rings. The third-order valence-electron chi connectivity index (χ3n) is 3.30. The summed E-state index contributed by atoms with van der Waals surface area (Å²) < 4.78 is 0. The molecule has 2 atom stereocenters. The second-order valence-electron chi connectivity index (χ2n) is 5.03. The highest BCUT2D eigenvalue weighted by Gasteiger charge is 2.25. The number of nitrogens with zero attached hydrogens (tertiary/aromatic N) is 2. The van der Waals surface area contributed by atoms with Gasteiger partial charge in [0.15, 0.2) is 5.96 Å². The first kappa shape index (κ1) is 10.7. The minimum Gasteiger partial charge on any atom is -0.370 e. The van der Waals surface area contributed by atoms with Gasteiger partial charge in [0.2, 0.25) is 0 Å². The van der Waals surface area contributed by atoms with Crippen molar-refractivity contribution in [1.29, 1.82) is 0 Å². The van der Waals surface area contributed by atoms with E-state index in [1.54, 1.807) is 0 Å². The topological polar surface area (TPSA) is 53.6 Å². The highest BCUT2D eigenvalue weighted by atomic mass is 15.2. The maximum absolute atomic E-state index is 5.87. The van der Waals surface area contributed by atoms with E-state index >= 15 is 0 Å². The van der Waals surface area contributed by atoms with Crippen molar-refractivity contribution in [2.45, 2.75) is 38.3 Å². The van der Waals surface area contributed by atoms with Crippen molar-refractivity contribution < 1.29 is 0 Å². The zero-order chi connectivity index (χ0) is 10.8. The number of nitrogens with two attached hydrogens (primary N) is 1. The maximum Gasteiger partial charge on any atom is 0.189 e. The molecule has 0 bridgehead atoms. The monoisotopic (exact) mass is 210 g/mol. The van der Waals surface area contributed by atoms with Gasteiger partial charge in [-0.2, -0.15) is 0 Å². The zero-order valence-electron chi connectivity index (χ0n) is 9.74. The summed E-state index contributed by atoms with van der Waals surface area (Å²) in [5.41, 5.74) is 5.87. The van der Waals surface area contributed by atoms with Crippen molar-refractivity contribution in [2.75, 3.05) is 20.1 Å². The van der Waals surface area contributed by atoms with Gasteiger partial charge >= 0.3 is 0 Å². The first-order valence-electron chi connectivity index (χ1n) is 5.93. The number of aliphatic imine (C=N–C) groups is 1. The van der Waals surface area contributed by atoms with Gasteiger partial charge in [-0.05, 0) is 38.8 Å². The van der Waals surface area contributed by atoms with Crippen LogP contribution in [0.3, 0.4) is 0 Å². The van der Waals surface area contributed by atoms with Gasteiger partial charge in [0, 0.05) is 12.6 Å². The first-order valence-corrected chi connectivity index (χ1v) is 5.93. The molecule has 0 aromatic heterocycles. The van der Waals surface area contributed by atoms with E-state index in [-0.39, 0.29) is 0 Å². The van der Waals surface area contributed by atoms with Crippen LogP contribution >= 0.6 is 0 Å². The summed E-state index contributed by atoms with van der Waals surface area (Å²) in [5.74, 6) is 1.27. The molecule has 1 heterocycles. The average Bonchev–Trinajstić information content (AvgIpc) is 2.94. The number of hydrogen-bond acceptors (Lipinski definition) is 2. The van der Waals surface area contributed by atoms with Crippen LogP contribution < -0.4 is 11.1 Å². The molecule has 4 heteroatoms. The molecule has 15 heavy (non-hydrogen) atoms. The summed E-state index contributed by atoms with van der Waals surface area (Å²) in [5, 5.41) is 3.25. The smallest absolute Gasteiger partial charge is 0.189 e. The predicted octanol–water partition coefficient (Wildman–Crippen LogP) is 0.393. The summed E-state index contributed by atoms with van der Waals surface area (Å²) in [6.45, 7) is 4.52. The van der Waals surface area contributed by atoms with Crippen molar-refractivity contribution in [2.24, 2.45) is 16.6 Å². The molecule has 0 amide bonds. The van der Waals surface area contributed by atoms with Crippen molar-refractivity contribution >= 4 is 5.96 Å². The van der Waals surface area contributed by atoms with E-state index in [0.29, 0.717) is 24.0 Å². The number of nitrogens with one attached hydrogen (secondary N) is 1. The van der Waals surface area contributed by atoms with Crippen LogP contribution in [-0.4, -0.2) is 43.1 Å². The van der Waals surface area contributed by atoms with E-state index in [9.17, 15) is 0 Å². The quantitative estimate of drug-likeness (QED) is 0.512. The van der Waals surface area contributed by atoms with Crippen molar-refractivity contribution in [3.8, 4) is 0 Å². The van der Waals surface area contributed by atoms with Gasteiger partial charge in [0.1, 0.15) is 0 Å². The predicted molar refractivity (Wildman–Crippen MR) is 62.8 cm³/mol. The number of likely N-dealkylation sites (tertiary alicyclic amines) is 1. The Bertz CT molecular complexity index is 247. The standard InChI is InChI=1S/C11H22N4/c1-8-7-15(2)6-5-10(8)14-11(12)13-9-3-4-9/h8-10H,3-7H2,1-2H3,(H3,12,13,14). The van der Waals surface area contributed by atoms with Crippen LogP contribution in [0.4, 0.5) is 0 Å². The van der Waals surface area contributed by atoms with Crippen molar-refractivity contribution in [1.82, 2.24) is 10.2 Å². The Labute approximate surface area is 91.9 Å². The molecule has 0 aromatic carbocycles. The Morgan fingerprint density at radius 3 is 2.73 bits per heavy atom. The van der Waals surface area contributed by atoms with Crippen LogP contribution in [0.2, 0.25) is 0 Å². The van der Waals surface area contributed by atoms with E-state index in [1.165, 1.54) is 12.8 Å². The normalized spacial score (nSPS) is 34.1. The van der Waals surface area contributed by atoms with Gasteiger partial charge in [0.25, 0.3) is 0 Å². The zero-order valence-corrected chi connectivity index (χ0v) is 9.74. The molecule has 0 radical (unpaired) electrons. The molecule has 4 nitrogen and oxygen atoms in total. The fourth-order valence-electron chi connectivity index (χ4n) is 2.19. The highest BCUT2D eigenvalue weighted by molar-refractivity contribution is 5.78. The summed E-state index contributed by atoms with van der Waals surface area (Å²) in [4.78, 5) is 6.95. The second kappa shape index (κ2) is 4.39. The Balaban J connectivity index is 1.86. The molecule has 2 aliphatic rings. The molecule has 3 N–H and O–H groups in total. The summed E-state index contributed by atoms with van der Waals surface area (Å²) in [6, 6.07) is 1.02. The molecule has 1 aliphatic heterocycles. The Hall–Kier alpha value is -0.770. The van der Waals surface area contributed by atoms with Gasteiger partial charge in [-0.15, -0.1) is 0 Å². The average molecular weight is 210 g/mol. The third kappa shape index (κ3) is 3.09. The molecule has 0 spiro atoms. The van der Waals surface area contributed by atoms with E-state index in [4.69, 9.17) is 5.73 Å². The molecular formula is C11H22N4. The lowest BCUT2D eigenvalue weighted by Crippen LogP contribution is -2.42. The third-order valence-corrected chi connectivity index (χ3v) is 3.30. The number of guanidine groups is 1. The van der Waals surface area contributed by atoms with Crippen LogP contribution in [0.5, 0.6) is 0 Å². The van der Waals surface area contributed by atoms with Gasteiger partial charge in [-0.25, -0.2) is 4.99 Å². The lowest BCUT2D eigenvalue weighted by molar-refractivity contribution is 0.198. The Kier molecular flexibility index (Phi) is 3.14. The van der Waals surface area contributed by atoms with E-state index in [0.717, 1.165) is 19.5 Å².